The molecular formula is C34H21BF10PZr. The van der Waals surface area contributed by atoms with E-state index in [-0.39, 0.29) is 33.5 Å². The van der Waals surface area contributed by atoms with Crippen LogP contribution in [0, 0.1) is 70.3 Å². The van der Waals surface area contributed by atoms with Gasteiger partial charge in [-0.15, -0.1) is 12.8 Å². The van der Waals surface area contributed by atoms with E-state index in [0.29, 0.717) is 0 Å². The molecule has 0 atom stereocenters. The van der Waals surface area contributed by atoms with Crippen molar-refractivity contribution in [3.8, 4) is 0 Å². The Bertz CT molecular complexity index is 1540. The zero-order chi connectivity index (χ0) is 33.6. The van der Waals surface area contributed by atoms with Crippen LogP contribution in [0.15, 0.2) is 97.1 Å². The smallest absolute Gasteiger partial charge is 0.273 e. The van der Waals surface area contributed by atoms with E-state index in [2.05, 4.69) is 85.0 Å². The summed E-state index contributed by atoms with van der Waals surface area (Å²) in [5.41, 5.74) is -3.71. The number of allylic oxidation sites excluding steroid dienone is 8. The number of hydrogen-bond acceptors (Lipinski definition) is 0. The van der Waals surface area contributed by atoms with Crippen molar-refractivity contribution in [1.29, 1.82) is 0 Å². The van der Waals surface area contributed by atoms with Gasteiger partial charge in [0.25, 0.3) is 0 Å². The van der Waals surface area contributed by atoms with Crippen molar-refractivity contribution in [1.82, 2.24) is 0 Å². The average molecular weight is 753 g/mol. The summed E-state index contributed by atoms with van der Waals surface area (Å²) < 4.78 is 131. The van der Waals surface area contributed by atoms with E-state index in [1.807, 2.05) is 24.3 Å². The molecule has 0 bridgehead atoms. The maximum absolute atomic E-state index is 13.4. The first-order valence-corrected chi connectivity index (χ1v) is 14.2. The van der Waals surface area contributed by atoms with Crippen molar-refractivity contribution in [2.24, 2.45) is 0 Å². The van der Waals surface area contributed by atoms with Crippen LogP contribution >= 0.6 is 8.58 Å². The minimum Gasteiger partial charge on any atom is -0.273 e. The molecule has 0 unspecified atom stereocenters. The fraction of sp³-hybridized carbons (Fsp3) is 0.0588. The van der Waals surface area contributed by atoms with Crippen LogP contribution in [-0.4, -0.2) is 7.28 Å². The second-order valence-corrected chi connectivity index (χ2v) is 10.4. The van der Waals surface area contributed by atoms with E-state index in [9.17, 15) is 43.9 Å². The summed E-state index contributed by atoms with van der Waals surface area (Å²) >= 11 is 0. The Labute approximate surface area is 286 Å². The number of hydrogen-bond donors (Lipinski definition) is 0. The Morgan fingerprint density at radius 2 is 0.745 bits per heavy atom. The van der Waals surface area contributed by atoms with E-state index < -0.39 is 69.1 Å². The zero-order valence-electron chi connectivity index (χ0n) is 24.0. The molecule has 0 N–H and O–H groups in total. The van der Waals surface area contributed by atoms with E-state index in [1.54, 1.807) is 0 Å². The number of halogens is 10. The summed E-state index contributed by atoms with van der Waals surface area (Å²) in [6.45, 7) is 0. The van der Waals surface area contributed by atoms with Gasteiger partial charge in [-0.2, -0.15) is 12.2 Å². The minimum absolute atomic E-state index is 0. The van der Waals surface area contributed by atoms with Gasteiger partial charge in [0, 0.05) is 0 Å². The van der Waals surface area contributed by atoms with Gasteiger partial charge in [0.1, 0.15) is 0 Å². The van der Waals surface area contributed by atoms with Gasteiger partial charge in [0.15, 0.2) is 58.2 Å². The third kappa shape index (κ3) is 11.3. The SMILES string of the molecule is Fc1c(F)c(F)c([B]c2c(F)c(F)c(F)c(F)c2F)c(F)c1F.[C-]1=CC=CC1.[C-]1=CC=CC1.[Zr+2].c1ccc(Pc2ccccc2)cc1. The van der Waals surface area contributed by atoms with E-state index in [1.165, 1.54) is 10.6 Å². The van der Waals surface area contributed by atoms with Crippen LogP contribution in [0.3, 0.4) is 0 Å². The molecule has 0 nitrogen and oxygen atoms in total. The van der Waals surface area contributed by atoms with Gasteiger partial charge in [0.2, 0.25) is 7.28 Å². The van der Waals surface area contributed by atoms with Crippen molar-refractivity contribution >= 4 is 37.4 Å². The topological polar surface area (TPSA) is 0 Å². The summed E-state index contributed by atoms with van der Waals surface area (Å²) in [6.07, 6.45) is 20.0. The molecular weight excluding hydrogens is 731 g/mol. The number of rotatable bonds is 4. The van der Waals surface area contributed by atoms with Crippen molar-refractivity contribution in [3.05, 3.63) is 167 Å². The van der Waals surface area contributed by atoms with E-state index in [0.717, 1.165) is 21.4 Å². The Kier molecular flexibility index (Phi) is 16.9. The predicted octanol–water partition coefficient (Wildman–Crippen LogP) is 7.66. The molecule has 0 heterocycles. The summed E-state index contributed by atoms with van der Waals surface area (Å²) in [4.78, 5) is 0. The third-order valence-electron chi connectivity index (χ3n) is 5.78. The van der Waals surface area contributed by atoms with E-state index in [4.69, 9.17) is 0 Å². The molecule has 1 radical (unpaired) electrons. The quantitative estimate of drug-likeness (QED) is 0.0502. The van der Waals surface area contributed by atoms with Crippen LogP contribution in [0.2, 0.25) is 0 Å². The zero-order valence-corrected chi connectivity index (χ0v) is 27.5. The van der Waals surface area contributed by atoms with Gasteiger partial charge in [0.05, 0.1) is 0 Å². The molecule has 0 spiro atoms. The predicted molar refractivity (Wildman–Crippen MR) is 161 cm³/mol. The van der Waals surface area contributed by atoms with Crippen molar-refractivity contribution in [3.63, 3.8) is 0 Å². The standard InChI is InChI=1S/C12BF10.C12H11P.2C5H5.Zr/c14-3-1(4(15)8(19)11(22)7(3)18)13-2-5(16)9(20)12(23)10(21)6(2)17;1-3-7-11(8-4-1)13-12-9-5-2-6-10-12;2*1-2-4-5-3-1;/h;1-10,13H;2*1-3H,4H2;/q;;2*-1;+2. The number of benzene rings is 4. The maximum Gasteiger partial charge on any atom is 2.00 e. The first-order valence-electron chi connectivity index (χ1n) is 13.2. The second-order valence-electron chi connectivity index (χ2n) is 8.97. The van der Waals surface area contributed by atoms with E-state index >= 15 is 0 Å². The van der Waals surface area contributed by atoms with Crippen molar-refractivity contribution < 1.29 is 70.1 Å². The first kappa shape index (κ1) is 39.7. The molecule has 239 valence electrons. The molecule has 2 aliphatic carbocycles. The molecule has 13 heteroatoms. The Balaban J connectivity index is 0.000000264. The van der Waals surface area contributed by atoms with Crippen LogP contribution in [0.25, 0.3) is 0 Å². The van der Waals surface area contributed by atoms with Gasteiger partial charge in [-0.25, -0.2) is 68.2 Å². The maximum atomic E-state index is 13.4. The summed E-state index contributed by atoms with van der Waals surface area (Å²) in [5, 5.41) is 2.79. The Morgan fingerprint density at radius 1 is 0.447 bits per heavy atom. The molecule has 47 heavy (non-hydrogen) atoms. The fourth-order valence-electron chi connectivity index (χ4n) is 3.53. The molecule has 0 saturated carbocycles. The van der Waals surface area contributed by atoms with Crippen LogP contribution in [-0.2, 0) is 26.2 Å². The van der Waals surface area contributed by atoms with Crippen LogP contribution < -0.4 is 21.5 Å². The third-order valence-corrected chi connectivity index (χ3v) is 7.03. The molecule has 6 rings (SSSR count). The molecule has 0 saturated heterocycles. The fourth-order valence-corrected chi connectivity index (χ4v) is 4.58. The molecule has 4 aromatic rings. The van der Waals surface area contributed by atoms with Crippen LogP contribution in [0.5, 0.6) is 0 Å². The largest absolute Gasteiger partial charge is 2.00 e. The molecule has 0 fully saturated rings. The summed E-state index contributed by atoms with van der Waals surface area (Å²) in [5.74, 6) is -24.9. The normalized spacial score (nSPS) is 11.9. The summed E-state index contributed by atoms with van der Waals surface area (Å²) in [6, 6.07) is 21.2. The summed E-state index contributed by atoms with van der Waals surface area (Å²) in [7, 11) is 0.408. The van der Waals surface area contributed by atoms with Crippen LogP contribution in [0.4, 0.5) is 43.9 Å². The van der Waals surface area contributed by atoms with Gasteiger partial charge in [-0.05, 0) is 21.5 Å². The van der Waals surface area contributed by atoms with Crippen LogP contribution in [0.1, 0.15) is 12.8 Å². The molecule has 4 aromatic carbocycles. The monoisotopic (exact) mass is 751 g/mol. The first-order chi connectivity index (χ1) is 22.0. The molecule has 0 amide bonds. The van der Waals surface area contributed by atoms with Gasteiger partial charge < -0.3 is 0 Å². The Hall–Kier alpha value is -3.48. The second kappa shape index (κ2) is 20.0. The van der Waals surface area contributed by atoms with Gasteiger partial charge in [-0.1, -0.05) is 69.2 Å². The molecule has 2 aliphatic rings. The average Bonchev–Trinajstić information content (AvgIpc) is 3.86. The van der Waals surface area contributed by atoms with Gasteiger partial charge >= 0.3 is 26.2 Å². The molecule has 0 aromatic heterocycles. The van der Waals surface area contributed by atoms with Crippen molar-refractivity contribution in [2.75, 3.05) is 0 Å². The molecule has 0 aliphatic heterocycles. The Morgan fingerprint density at radius 3 is 0.979 bits per heavy atom. The minimum atomic E-state index is -2.55. The van der Waals surface area contributed by atoms with Gasteiger partial charge in [-0.3, -0.25) is 12.2 Å². The van der Waals surface area contributed by atoms with Crippen molar-refractivity contribution in [2.45, 2.75) is 12.8 Å².